The molecule has 5 nitrogen and oxygen atoms in total. The normalized spacial score (nSPS) is 13.4. The number of hydrogen-bond donors (Lipinski definition) is 2. The predicted octanol–water partition coefficient (Wildman–Crippen LogP) is 2.86. The van der Waals surface area contributed by atoms with Crippen LogP contribution in [-0.2, 0) is 14.9 Å². The Bertz CT molecular complexity index is 323. The van der Waals surface area contributed by atoms with Crippen LogP contribution in [0.25, 0.3) is 0 Å². The summed E-state index contributed by atoms with van der Waals surface area (Å²) >= 11 is 0. The molecule has 1 unspecified atom stereocenters. The summed E-state index contributed by atoms with van der Waals surface area (Å²) in [6.45, 7) is 2.10. The number of rotatable bonds is 11. The van der Waals surface area contributed by atoms with Crippen LogP contribution in [0.3, 0.4) is 0 Å². The second-order valence-corrected chi connectivity index (χ2v) is 6.32. The third kappa shape index (κ3) is 9.41. The lowest BCUT2D eigenvalue weighted by atomic mass is 10.1. The van der Waals surface area contributed by atoms with Crippen LogP contribution in [0.1, 0.15) is 64.7 Å². The molecule has 0 saturated heterocycles. The first-order valence-electron chi connectivity index (χ1n) is 6.56. The highest BCUT2D eigenvalue weighted by Crippen LogP contribution is 2.17. The van der Waals surface area contributed by atoms with Gasteiger partial charge in [0.1, 0.15) is 0 Å². The Morgan fingerprint density at radius 3 is 2.11 bits per heavy atom. The van der Waals surface area contributed by atoms with Gasteiger partial charge in [0.25, 0.3) is 10.1 Å². The quantitative estimate of drug-likeness (QED) is 0.448. The zero-order valence-electron chi connectivity index (χ0n) is 11.0. The third-order valence-electron chi connectivity index (χ3n) is 2.97. The average Bonchev–Trinajstić information content (AvgIpc) is 2.24. The van der Waals surface area contributed by atoms with Gasteiger partial charge in [-0.3, -0.25) is 9.35 Å². The molecule has 0 aliphatic heterocycles. The van der Waals surface area contributed by atoms with E-state index in [1.54, 1.807) is 0 Å². The van der Waals surface area contributed by atoms with Crippen LogP contribution in [0.2, 0.25) is 0 Å². The molecule has 18 heavy (non-hydrogen) atoms. The van der Waals surface area contributed by atoms with Crippen LogP contribution in [0.4, 0.5) is 0 Å². The van der Waals surface area contributed by atoms with Crippen molar-refractivity contribution in [3.8, 4) is 0 Å². The Hall–Kier alpha value is -0.620. The first-order chi connectivity index (χ1) is 8.38. The molecule has 0 rings (SSSR count). The van der Waals surface area contributed by atoms with Crippen LogP contribution in [0, 0.1) is 0 Å². The fourth-order valence-corrected chi connectivity index (χ4v) is 2.83. The number of carbonyl (C=O) groups is 1. The van der Waals surface area contributed by atoms with Gasteiger partial charge < -0.3 is 5.11 Å². The summed E-state index contributed by atoms with van der Waals surface area (Å²) in [6.07, 6.45) is 5.92. The molecule has 0 radical (unpaired) electrons. The van der Waals surface area contributed by atoms with Crippen LogP contribution in [0.15, 0.2) is 0 Å². The number of carboxylic acid groups (broad SMARTS) is 1. The summed E-state index contributed by atoms with van der Waals surface area (Å²) < 4.78 is 31.3. The van der Waals surface area contributed by atoms with E-state index in [9.17, 15) is 13.2 Å². The zero-order chi connectivity index (χ0) is 14.0. The van der Waals surface area contributed by atoms with Gasteiger partial charge in [-0.1, -0.05) is 39.0 Å². The molecule has 0 amide bonds. The van der Waals surface area contributed by atoms with Crippen molar-refractivity contribution in [1.82, 2.24) is 0 Å². The summed E-state index contributed by atoms with van der Waals surface area (Å²) in [5.41, 5.74) is 0. The van der Waals surface area contributed by atoms with Crippen molar-refractivity contribution in [1.29, 1.82) is 0 Å². The second kappa shape index (κ2) is 9.33. The maximum Gasteiger partial charge on any atom is 0.303 e. The summed E-state index contributed by atoms with van der Waals surface area (Å²) in [5.74, 6) is -0.938. The lowest BCUT2D eigenvalue weighted by molar-refractivity contribution is -0.137. The van der Waals surface area contributed by atoms with E-state index < -0.39 is 21.3 Å². The fraction of sp³-hybridized carbons (Fsp3) is 0.917. The van der Waals surface area contributed by atoms with Crippen molar-refractivity contribution >= 4 is 16.1 Å². The SMILES string of the molecule is CCCCCCCC(CCCC(=O)O)S(=O)(=O)O. The molecule has 0 aliphatic carbocycles. The molecule has 108 valence electrons. The molecule has 6 heteroatoms. The Balaban J connectivity index is 3.98. The number of carboxylic acids is 1. The topological polar surface area (TPSA) is 91.7 Å². The first-order valence-corrected chi connectivity index (χ1v) is 8.06. The fourth-order valence-electron chi connectivity index (χ4n) is 1.90. The van der Waals surface area contributed by atoms with Gasteiger partial charge in [0, 0.05) is 6.42 Å². The van der Waals surface area contributed by atoms with E-state index in [0.717, 1.165) is 32.1 Å². The number of hydrogen-bond acceptors (Lipinski definition) is 3. The van der Waals surface area contributed by atoms with Crippen molar-refractivity contribution < 1.29 is 22.9 Å². The van der Waals surface area contributed by atoms with Gasteiger partial charge in [-0.15, -0.1) is 0 Å². The third-order valence-corrected chi connectivity index (χ3v) is 4.28. The van der Waals surface area contributed by atoms with Crippen LogP contribution < -0.4 is 0 Å². The Morgan fingerprint density at radius 2 is 1.61 bits per heavy atom. The minimum absolute atomic E-state index is 0.0537. The van der Waals surface area contributed by atoms with E-state index in [-0.39, 0.29) is 19.3 Å². The summed E-state index contributed by atoms with van der Waals surface area (Å²) in [6, 6.07) is 0. The minimum Gasteiger partial charge on any atom is -0.481 e. The van der Waals surface area contributed by atoms with Crippen LogP contribution in [-0.4, -0.2) is 29.3 Å². The van der Waals surface area contributed by atoms with E-state index in [1.165, 1.54) is 0 Å². The molecule has 0 heterocycles. The summed E-state index contributed by atoms with van der Waals surface area (Å²) in [5, 5.41) is 7.68. The van der Waals surface area contributed by atoms with Crippen LogP contribution in [0.5, 0.6) is 0 Å². The zero-order valence-corrected chi connectivity index (χ0v) is 11.8. The molecule has 0 aromatic rings. The predicted molar refractivity (Wildman–Crippen MR) is 70.2 cm³/mol. The van der Waals surface area contributed by atoms with E-state index in [2.05, 4.69) is 6.92 Å². The standard InChI is InChI=1S/C12H24O5S/c1-2-3-4-5-6-8-11(18(15,16)17)9-7-10-12(13)14/h11H,2-10H2,1H3,(H,13,14)(H,15,16,17). The molecular formula is C12H24O5S. The maximum absolute atomic E-state index is 11.1. The molecule has 0 spiro atoms. The molecule has 2 N–H and O–H groups in total. The Kier molecular flexibility index (Phi) is 9.01. The van der Waals surface area contributed by atoms with E-state index in [1.807, 2.05) is 0 Å². The van der Waals surface area contributed by atoms with Gasteiger partial charge in [-0.05, 0) is 19.3 Å². The van der Waals surface area contributed by atoms with Crippen molar-refractivity contribution in [2.75, 3.05) is 0 Å². The Labute approximate surface area is 109 Å². The van der Waals surface area contributed by atoms with Crippen LogP contribution >= 0.6 is 0 Å². The number of unbranched alkanes of at least 4 members (excludes halogenated alkanes) is 4. The van der Waals surface area contributed by atoms with Crippen molar-refractivity contribution in [3.63, 3.8) is 0 Å². The van der Waals surface area contributed by atoms with Crippen molar-refractivity contribution in [2.45, 2.75) is 70.0 Å². The average molecular weight is 280 g/mol. The molecular weight excluding hydrogens is 256 g/mol. The van der Waals surface area contributed by atoms with Gasteiger partial charge in [0.05, 0.1) is 5.25 Å². The van der Waals surface area contributed by atoms with Crippen molar-refractivity contribution in [2.24, 2.45) is 0 Å². The lowest BCUT2D eigenvalue weighted by Gasteiger charge is -2.13. The monoisotopic (exact) mass is 280 g/mol. The van der Waals surface area contributed by atoms with Gasteiger partial charge >= 0.3 is 5.97 Å². The Morgan fingerprint density at radius 1 is 1.06 bits per heavy atom. The summed E-state index contributed by atoms with van der Waals surface area (Å²) in [4.78, 5) is 10.4. The smallest absolute Gasteiger partial charge is 0.303 e. The summed E-state index contributed by atoms with van der Waals surface area (Å²) in [7, 11) is -4.05. The highest BCUT2D eigenvalue weighted by Gasteiger charge is 2.22. The van der Waals surface area contributed by atoms with Gasteiger partial charge in [0.15, 0.2) is 0 Å². The molecule has 0 saturated carbocycles. The second-order valence-electron chi connectivity index (χ2n) is 4.63. The molecule has 0 bridgehead atoms. The van der Waals surface area contributed by atoms with E-state index in [4.69, 9.17) is 9.66 Å². The first kappa shape index (κ1) is 17.4. The largest absolute Gasteiger partial charge is 0.481 e. The van der Waals surface area contributed by atoms with Crippen molar-refractivity contribution in [3.05, 3.63) is 0 Å². The van der Waals surface area contributed by atoms with Gasteiger partial charge in [0.2, 0.25) is 0 Å². The molecule has 0 aromatic heterocycles. The number of aliphatic carboxylic acids is 1. The van der Waals surface area contributed by atoms with E-state index >= 15 is 0 Å². The lowest BCUT2D eigenvalue weighted by Crippen LogP contribution is -2.20. The van der Waals surface area contributed by atoms with E-state index in [0.29, 0.717) is 6.42 Å². The highest BCUT2D eigenvalue weighted by molar-refractivity contribution is 7.86. The molecule has 0 aromatic carbocycles. The highest BCUT2D eigenvalue weighted by atomic mass is 32.2. The van der Waals surface area contributed by atoms with Gasteiger partial charge in [-0.25, -0.2) is 0 Å². The molecule has 1 atom stereocenters. The maximum atomic E-state index is 11.1. The minimum atomic E-state index is -4.05. The molecule has 0 fully saturated rings. The molecule has 0 aliphatic rings. The van der Waals surface area contributed by atoms with Gasteiger partial charge in [-0.2, -0.15) is 8.42 Å².